The Labute approximate surface area is 69.7 Å². The van der Waals surface area contributed by atoms with E-state index in [0.717, 1.165) is 0 Å². The van der Waals surface area contributed by atoms with Gasteiger partial charge in [-0.3, -0.25) is 4.79 Å². The largest absolute Gasteiger partial charge is 0.294 e. The third kappa shape index (κ3) is 6.02. The molecule has 0 aliphatic carbocycles. The van der Waals surface area contributed by atoms with E-state index in [-0.39, 0.29) is 5.78 Å². The van der Waals surface area contributed by atoms with E-state index in [4.69, 9.17) is 0 Å². The summed E-state index contributed by atoms with van der Waals surface area (Å²) in [6, 6.07) is 0. The average molecular weight is 238 g/mol. The lowest BCUT2D eigenvalue weighted by atomic mass is 10.2. The van der Waals surface area contributed by atoms with Crippen LogP contribution in [0.1, 0.15) is 13.8 Å². The summed E-state index contributed by atoms with van der Waals surface area (Å²) in [4.78, 5) is 10.6. The quantitative estimate of drug-likeness (QED) is 0.418. The zero-order valence-electron chi connectivity index (χ0n) is 5.73. The number of ketones is 1. The number of halogens is 1. The number of alkyl halides is 1. The predicted octanol–water partition coefficient (Wildman–Crippen LogP) is 2.20. The first-order valence-electron chi connectivity index (χ1n) is 2.93. The highest BCUT2D eigenvalue weighted by molar-refractivity contribution is 14.1. The van der Waals surface area contributed by atoms with Crippen LogP contribution in [0.4, 0.5) is 0 Å². The van der Waals surface area contributed by atoms with Crippen LogP contribution in [-0.2, 0) is 4.79 Å². The zero-order valence-corrected chi connectivity index (χ0v) is 7.88. The molecule has 0 rings (SSSR count). The summed E-state index contributed by atoms with van der Waals surface area (Å²) in [7, 11) is 0. The van der Waals surface area contributed by atoms with Crippen molar-refractivity contribution in [2.24, 2.45) is 5.92 Å². The van der Waals surface area contributed by atoms with Crippen LogP contribution >= 0.6 is 22.6 Å². The SMILES string of the molecule is CC(C)/C=C/C(=O)CI. The Morgan fingerprint density at radius 1 is 1.67 bits per heavy atom. The highest BCUT2D eigenvalue weighted by Crippen LogP contribution is 1.94. The van der Waals surface area contributed by atoms with E-state index in [0.29, 0.717) is 10.3 Å². The van der Waals surface area contributed by atoms with Crippen molar-refractivity contribution >= 4 is 28.4 Å². The molecule has 0 radical (unpaired) electrons. The molecule has 0 atom stereocenters. The molecule has 0 aliphatic heterocycles. The fourth-order valence-corrected chi connectivity index (χ4v) is 0.599. The molecule has 0 aromatic rings. The summed E-state index contributed by atoms with van der Waals surface area (Å²) in [5.41, 5.74) is 0. The maximum atomic E-state index is 10.6. The second-order valence-electron chi connectivity index (χ2n) is 2.20. The van der Waals surface area contributed by atoms with Gasteiger partial charge in [0.1, 0.15) is 0 Å². The Morgan fingerprint density at radius 2 is 2.22 bits per heavy atom. The number of carbonyl (C=O) groups is 1. The number of hydrogen-bond donors (Lipinski definition) is 0. The van der Waals surface area contributed by atoms with Gasteiger partial charge in [0.15, 0.2) is 5.78 Å². The summed E-state index contributed by atoms with van der Waals surface area (Å²) in [6.07, 6.45) is 3.57. The summed E-state index contributed by atoms with van der Waals surface area (Å²) in [5.74, 6) is 0.682. The van der Waals surface area contributed by atoms with E-state index in [1.54, 1.807) is 6.08 Å². The van der Waals surface area contributed by atoms with Crippen LogP contribution in [0, 0.1) is 5.92 Å². The van der Waals surface area contributed by atoms with Crippen molar-refractivity contribution in [2.75, 3.05) is 4.43 Å². The van der Waals surface area contributed by atoms with Gasteiger partial charge < -0.3 is 0 Å². The second kappa shape index (κ2) is 4.97. The van der Waals surface area contributed by atoms with Crippen LogP contribution in [0.15, 0.2) is 12.2 Å². The third-order valence-electron chi connectivity index (χ3n) is 0.799. The van der Waals surface area contributed by atoms with Gasteiger partial charge in [0.05, 0.1) is 4.43 Å². The van der Waals surface area contributed by atoms with Gasteiger partial charge in [0, 0.05) is 0 Å². The van der Waals surface area contributed by atoms with Gasteiger partial charge in [-0.15, -0.1) is 0 Å². The van der Waals surface area contributed by atoms with Crippen LogP contribution in [-0.4, -0.2) is 10.2 Å². The molecular weight excluding hydrogens is 227 g/mol. The minimum Gasteiger partial charge on any atom is -0.294 e. The van der Waals surface area contributed by atoms with E-state index in [2.05, 4.69) is 36.4 Å². The van der Waals surface area contributed by atoms with Crippen LogP contribution in [0.5, 0.6) is 0 Å². The molecular formula is C7H11IO. The molecule has 1 nitrogen and oxygen atoms in total. The maximum Gasteiger partial charge on any atom is 0.165 e. The molecule has 0 unspecified atom stereocenters. The number of allylic oxidation sites excluding steroid dienone is 2. The lowest BCUT2D eigenvalue weighted by Gasteiger charge is -1.90. The molecule has 9 heavy (non-hydrogen) atoms. The van der Waals surface area contributed by atoms with Gasteiger partial charge in [-0.2, -0.15) is 0 Å². The van der Waals surface area contributed by atoms with Gasteiger partial charge in [-0.05, 0) is 12.0 Å². The van der Waals surface area contributed by atoms with Crippen molar-refractivity contribution < 1.29 is 4.79 Å². The monoisotopic (exact) mass is 238 g/mol. The number of carbonyl (C=O) groups excluding carboxylic acids is 1. The van der Waals surface area contributed by atoms with Gasteiger partial charge in [-0.25, -0.2) is 0 Å². The predicted molar refractivity (Wildman–Crippen MR) is 47.9 cm³/mol. The van der Waals surface area contributed by atoms with E-state index in [1.165, 1.54) is 0 Å². The minimum absolute atomic E-state index is 0.198. The molecule has 0 aliphatic rings. The molecule has 0 aromatic heterocycles. The molecule has 0 saturated carbocycles. The molecule has 0 heterocycles. The number of rotatable bonds is 3. The zero-order chi connectivity index (χ0) is 7.28. The fraction of sp³-hybridized carbons (Fsp3) is 0.571. The summed E-state index contributed by atoms with van der Waals surface area (Å²) < 4.78 is 0.584. The first-order valence-corrected chi connectivity index (χ1v) is 4.46. The maximum absolute atomic E-state index is 10.6. The molecule has 0 amide bonds. The molecule has 0 saturated heterocycles. The summed E-state index contributed by atoms with van der Waals surface area (Å²) >= 11 is 2.06. The van der Waals surface area contributed by atoms with Crippen molar-refractivity contribution in [1.29, 1.82) is 0 Å². The summed E-state index contributed by atoms with van der Waals surface area (Å²) in [5, 5.41) is 0. The first kappa shape index (κ1) is 9.14. The number of hydrogen-bond acceptors (Lipinski definition) is 1. The molecule has 52 valence electrons. The summed E-state index contributed by atoms with van der Waals surface area (Å²) in [6.45, 7) is 4.11. The highest BCUT2D eigenvalue weighted by Gasteiger charge is 1.90. The minimum atomic E-state index is 0.198. The van der Waals surface area contributed by atoms with E-state index in [1.807, 2.05) is 6.08 Å². The second-order valence-corrected chi connectivity index (χ2v) is 2.97. The Hall–Kier alpha value is 0.140. The Kier molecular flexibility index (Phi) is 5.04. The molecule has 0 bridgehead atoms. The van der Waals surface area contributed by atoms with Crippen molar-refractivity contribution in [1.82, 2.24) is 0 Å². The fourth-order valence-electron chi connectivity index (χ4n) is 0.344. The Balaban J connectivity index is 3.57. The van der Waals surface area contributed by atoms with Crippen LogP contribution in [0.3, 0.4) is 0 Å². The lowest BCUT2D eigenvalue weighted by molar-refractivity contribution is -0.112. The third-order valence-corrected chi connectivity index (χ3v) is 1.55. The first-order chi connectivity index (χ1) is 4.16. The highest BCUT2D eigenvalue weighted by atomic mass is 127. The van der Waals surface area contributed by atoms with Crippen LogP contribution < -0.4 is 0 Å². The molecule has 0 spiro atoms. The van der Waals surface area contributed by atoms with Crippen molar-refractivity contribution in [3.05, 3.63) is 12.2 Å². The topological polar surface area (TPSA) is 17.1 Å². The van der Waals surface area contributed by atoms with Gasteiger partial charge in [-0.1, -0.05) is 42.5 Å². The van der Waals surface area contributed by atoms with Crippen LogP contribution in [0.25, 0.3) is 0 Å². The Morgan fingerprint density at radius 3 is 2.56 bits per heavy atom. The van der Waals surface area contributed by atoms with Gasteiger partial charge in [0.2, 0.25) is 0 Å². The Bertz CT molecular complexity index is 116. The van der Waals surface area contributed by atoms with E-state index >= 15 is 0 Å². The normalized spacial score (nSPS) is 11.1. The van der Waals surface area contributed by atoms with Crippen molar-refractivity contribution in [3.63, 3.8) is 0 Å². The van der Waals surface area contributed by atoms with Crippen LogP contribution in [0.2, 0.25) is 0 Å². The van der Waals surface area contributed by atoms with Crippen molar-refractivity contribution in [3.8, 4) is 0 Å². The smallest absolute Gasteiger partial charge is 0.165 e. The molecule has 0 fully saturated rings. The molecule has 2 heteroatoms. The lowest BCUT2D eigenvalue weighted by Crippen LogP contribution is -1.92. The van der Waals surface area contributed by atoms with Gasteiger partial charge >= 0.3 is 0 Å². The van der Waals surface area contributed by atoms with E-state index < -0.39 is 0 Å². The van der Waals surface area contributed by atoms with Gasteiger partial charge in [0.25, 0.3) is 0 Å². The van der Waals surface area contributed by atoms with Crippen molar-refractivity contribution in [2.45, 2.75) is 13.8 Å². The molecule has 0 N–H and O–H groups in total. The standard InChI is InChI=1S/C7H11IO/c1-6(2)3-4-7(9)5-8/h3-4,6H,5H2,1-2H3/b4-3+. The molecule has 0 aromatic carbocycles. The van der Waals surface area contributed by atoms with E-state index in [9.17, 15) is 4.79 Å². The average Bonchev–Trinajstić information content (AvgIpc) is 1.83.